The number of allylic oxidation sites excluding steroid dienone is 1. The van der Waals surface area contributed by atoms with Crippen LogP contribution >= 0.6 is 0 Å². The molecule has 0 fully saturated rings. The van der Waals surface area contributed by atoms with Crippen molar-refractivity contribution < 1.29 is 44.3 Å². The highest BCUT2D eigenvalue weighted by Gasteiger charge is 2.34. The molecule has 0 N–H and O–H groups in total. The summed E-state index contributed by atoms with van der Waals surface area (Å²) < 4.78 is 127. The van der Waals surface area contributed by atoms with Crippen LogP contribution in [0.4, 0.5) is 39.5 Å². The van der Waals surface area contributed by atoms with E-state index in [0.29, 0.717) is 29.7 Å². The van der Waals surface area contributed by atoms with E-state index >= 15 is 4.39 Å². The van der Waals surface area contributed by atoms with Gasteiger partial charge in [-0.25, -0.2) is 26.3 Å². The highest BCUT2D eigenvalue weighted by atomic mass is 19.4. The van der Waals surface area contributed by atoms with E-state index in [1.54, 1.807) is 18.2 Å². The molecule has 0 amide bonds. The van der Waals surface area contributed by atoms with Crippen molar-refractivity contribution in [1.29, 1.82) is 0 Å². The lowest BCUT2D eigenvalue weighted by Crippen LogP contribution is -2.19. The first-order chi connectivity index (χ1) is 20.9. The molecule has 0 aliphatic carbocycles. The van der Waals surface area contributed by atoms with Crippen molar-refractivity contribution in [2.45, 2.75) is 51.8 Å². The minimum atomic E-state index is -5.27. The summed E-state index contributed by atoms with van der Waals surface area (Å²) in [5, 5.41) is 0. The first-order valence-electron chi connectivity index (χ1n) is 13.8. The van der Waals surface area contributed by atoms with Gasteiger partial charge in [-0.2, -0.15) is 0 Å². The molecule has 0 aliphatic heterocycles. The third-order valence-electron chi connectivity index (χ3n) is 7.00. The molecule has 10 heteroatoms. The first kappa shape index (κ1) is 32.7. The molecule has 0 radical (unpaired) electrons. The molecular formula is C34H27F9O. The van der Waals surface area contributed by atoms with E-state index in [4.69, 9.17) is 0 Å². The number of unbranched alkanes of at least 4 members (excludes halogenated alkanes) is 2. The van der Waals surface area contributed by atoms with E-state index in [9.17, 15) is 35.1 Å². The van der Waals surface area contributed by atoms with Gasteiger partial charge in [-0.05, 0) is 71.3 Å². The second kappa shape index (κ2) is 14.1. The predicted octanol–water partition coefficient (Wildman–Crippen LogP) is 11.4. The minimum Gasteiger partial charge on any atom is -0.399 e. The van der Waals surface area contributed by atoms with Crippen LogP contribution in [-0.4, -0.2) is 6.36 Å². The number of rotatable bonds is 11. The quantitative estimate of drug-likeness (QED) is 0.119. The van der Waals surface area contributed by atoms with E-state index in [-0.39, 0.29) is 47.1 Å². The molecule has 4 aromatic rings. The summed E-state index contributed by atoms with van der Waals surface area (Å²) in [5.41, 5.74) is 1.57. The zero-order valence-corrected chi connectivity index (χ0v) is 23.5. The molecule has 0 spiro atoms. The number of hydrogen-bond acceptors (Lipinski definition) is 1. The maximum absolute atomic E-state index is 15.1. The Hall–Kier alpha value is -4.21. The van der Waals surface area contributed by atoms with Gasteiger partial charge in [0.1, 0.15) is 17.5 Å². The van der Waals surface area contributed by atoms with E-state index in [1.165, 1.54) is 36.4 Å². The normalized spacial score (nSPS) is 12.3. The fourth-order valence-corrected chi connectivity index (χ4v) is 4.70. The zero-order chi connectivity index (χ0) is 32.0. The number of ether oxygens (including phenoxy) is 1. The first-order valence-corrected chi connectivity index (χ1v) is 13.8. The molecule has 0 saturated carbocycles. The molecule has 0 aromatic heterocycles. The molecule has 0 unspecified atom stereocenters. The van der Waals surface area contributed by atoms with Crippen molar-refractivity contribution in [3.05, 3.63) is 119 Å². The molecular weight excluding hydrogens is 595 g/mol. The van der Waals surface area contributed by atoms with E-state index < -0.39 is 47.0 Å². The van der Waals surface area contributed by atoms with Crippen molar-refractivity contribution in [1.82, 2.24) is 0 Å². The average Bonchev–Trinajstić information content (AvgIpc) is 2.97. The smallest absolute Gasteiger partial charge is 0.399 e. The molecule has 4 rings (SSSR count). The fraction of sp³-hybridized carbons (Fsp3) is 0.235. The van der Waals surface area contributed by atoms with Gasteiger partial charge in [-0.3, -0.25) is 0 Å². The third-order valence-corrected chi connectivity index (χ3v) is 7.00. The van der Waals surface area contributed by atoms with Gasteiger partial charge in [0.25, 0.3) is 0 Å². The van der Waals surface area contributed by atoms with Gasteiger partial charge >= 0.3 is 6.36 Å². The van der Waals surface area contributed by atoms with Crippen molar-refractivity contribution >= 4 is 5.83 Å². The van der Waals surface area contributed by atoms with Crippen molar-refractivity contribution in [3.63, 3.8) is 0 Å². The standard InChI is InChI=1S/C34H27F9O/c1-2-3-4-5-27(35)32(40)23-11-8-21(9-12-23)24-14-15-26(29(37)18-24)25-13-10-22(28(36)19-25)7-6-20-16-30(38)33(31(39)17-20)44-34(41,42)43/h8-19H,2-7H2,1H3/b32-27+. The van der Waals surface area contributed by atoms with Gasteiger partial charge in [0.15, 0.2) is 17.5 Å². The van der Waals surface area contributed by atoms with Crippen LogP contribution in [0.25, 0.3) is 28.1 Å². The topological polar surface area (TPSA) is 9.23 Å². The van der Waals surface area contributed by atoms with Crippen LogP contribution < -0.4 is 4.74 Å². The molecule has 0 atom stereocenters. The zero-order valence-electron chi connectivity index (χ0n) is 23.5. The van der Waals surface area contributed by atoms with Crippen LogP contribution in [0, 0.1) is 23.3 Å². The number of alkyl halides is 3. The Morgan fingerprint density at radius 2 is 1.27 bits per heavy atom. The van der Waals surface area contributed by atoms with E-state index in [1.807, 2.05) is 6.92 Å². The van der Waals surface area contributed by atoms with Crippen molar-refractivity contribution in [2.24, 2.45) is 0 Å². The Bertz CT molecular complexity index is 1620. The van der Waals surface area contributed by atoms with E-state index in [0.717, 1.165) is 18.9 Å². The number of halogens is 9. The van der Waals surface area contributed by atoms with Gasteiger partial charge in [-0.15, -0.1) is 13.2 Å². The van der Waals surface area contributed by atoms with Gasteiger partial charge in [0, 0.05) is 17.5 Å². The van der Waals surface area contributed by atoms with E-state index in [2.05, 4.69) is 4.74 Å². The lowest BCUT2D eigenvalue weighted by Gasteiger charge is -2.12. The van der Waals surface area contributed by atoms with Crippen molar-refractivity contribution in [2.75, 3.05) is 0 Å². The SMILES string of the molecule is CCCCC/C(F)=C(\F)c1ccc(-c2ccc(-c3ccc(CCc4cc(F)c(OC(F)(F)F)c(F)c4)c(F)c3)c(F)c2)cc1. The molecule has 0 bridgehead atoms. The summed E-state index contributed by atoms with van der Waals surface area (Å²) in [6.07, 6.45) is -3.15. The Labute approximate surface area is 248 Å². The Kier molecular flexibility index (Phi) is 10.4. The van der Waals surface area contributed by atoms with Crippen LogP contribution in [0.15, 0.2) is 78.6 Å². The van der Waals surface area contributed by atoms with Crippen LogP contribution in [0.2, 0.25) is 0 Å². The molecule has 0 heterocycles. The Morgan fingerprint density at radius 1 is 0.659 bits per heavy atom. The fourth-order valence-electron chi connectivity index (χ4n) is 4.70. The van der Waals surface area contributed by atoms with Crippen LogP contribution in [0.3, 0.4) is 0 Å². The summed E-state index contributed by atoms with van der Waals surface area (Å²) in [4.78, 5) is 0. The van der Waals surface area contributed by atoms with Gasteiger partial charge in [-0.1, -0.05) is 68.3 Å². The Balaban J connectivity index is 1.45. The lowest BCUT2D eigenvalue weighted by molar-refractivity contribution is -0.276. The molecule has 0 aliphatic rings. The molecule has 44 heavy (non-hydrogen) atoms. The second-order valence-electron chi connectivity index (χ2n) is 10.2. The lowest BCUT2D eigenvalue weighted by atomic mass is 9.96. The summed E-state index contributed by atoms with van der Waals surface area (Å²) in [6, 6.07) is 15.5. The molecule has 1 nitrogen and oxygen atoms in total. The minimum absolute atomic E-state index is 0.0106. The van der Waals surface area contributed by atoms with Crippen LogP contribution in [0.5, 0.6) is 5.75 Å². The highest BCUT2D eigenvalue weighted by molar-refractivity contribution is 5.73. The van der Waals surface area contributed by atoms with Crippen LogP contribution in [-0.2, 0) is 12.8 Å². The summed E-state index contributed by atoms with van der Waals surface area (Å²) in [6.45, 7) is 1.97. The Morgan fingerprint density at radius 3 is 1.86 bits per heavy atom. The molecule has 232 valence electrons. The monoisotopic (exact) mass is 622 g/mol. The number of hydrogen-bond donors (Lipinski definition) is 0. The van der Waals surface area contributed by atoms with Crippen molar-refractivity contribution in [3.8, 4) is 28.0 Å². The van der Waals surface area contributed by atoms with Gasteiger partial charge in [0.2, 0.25) is 5.75 Å². The highest BCUT2D eigenvalue weighted by Crippen LogP contribution is 2.33. The number of aryl methyl sites for hydroxylation is 2. The molecule has 0 saturated heterocycles. The van der Waals surface area contributed by atoms with Gasteiger partial charge in [0.05, 0.1) is 0 Å². The second-order valence-corrected chi connectivity index (χ2v) is 10.2. The summed E-state index contributed by atoms with van der Waals surface area (Å²) in [7, 11) is 0. The largest absolute Gasteiger partial charge is 0.573 e. The third kappa shape index (κ3) is 8.24. The number of benzene rings is 4. The summed E-state index contributed by atoms with van der Waals surface area (Å²) >= 11 is 0. The average molecular weight is 623 g/mol. The maximum atomic E-state index is 15.1. The summed E-state index contributed by atoms with van der Waals surface area (Å²) in [5.74, 6) is -7.76. The maximum Gasteiger partial charge on any atom is 0.573 e. The van der Waals surface area contributed by atoms with Gasteiger partial charge < -0.3 is 4.74 Å². The predicted molar refractivity (Wildman–Crippen MR) is 151 cm³/mol. The molecule has 4 aromatic carbocycles. The van der Waals surface area contributed by atoms with Crippen LogP contribution in [0.1, 0.15) is 49.3 Å².